The Morgan fingerprint density at radius 1 is 0.963 bits per heavy atom. The van der Waals surface area contributed by atoms with Gasteiger partial charge in [-0.05, 0) is 36.8 Å². The molecule has 0 aliphatic carbocycles. The smallest absolute Gasteiger partial charge is 0.226 e. The first-order valence-electron chi connectivity index (χ1n) is 9.36. The zero-order chi connectivity index (χ0) is 18.6. The monoisotopic (exact) mass is 365 g/mol. The highest BCUT2D eigenvalue weighted by atomic mass is 19.1. The normalized spacial score (nSPS) is 15.9. The van der Waals surface area contributed by atoms with Crippen molar-refractivity contribution in [3.05, 3.63) is 77.4 Å². The molecule has 3 aromatic rings. The molecule has 1 aliphatic heterocycles. The molecule has 5 heteroatoms. The number of halogens is 1. The van der Waals surface area contributed by atoms with E-state index in [0.29, 0.717) is 5.89 Å². The van der Waals surface area contributed by atoms with Crippen LogP contribution in [0.15, 0.2) is 59.2 Å². The van der Waals surface area contributed by atoms with E-state index in [-0.39, 0.29) is 5.82 Å². The Hall–Kier alpha value is -2.50. The molecule has 4 rings (SSSR count). The van der Waals surface area contributed by atoms with Crippen molar-refractivity contribution < 1.29 is 8.81 Å². The minimum atomic E-state index is -0.255. The summed E-state index contributed by atoms with van der Waals surface area (Å²) in [7, 11) is 0. The number of nitrogens with zero attached hydrogens (tertiary/aromatic N) is 3. The van der Waals surface area contributed by atoms with Crippen molar-refractivity contribution in [1.82, 2.24) is 14.8 Å². The van der Waals surface area contributed by atoms with Gasteiger partial charge in [-0.3, -0.25) is 9.80 Å². The molecule has 0 spiro atoms. The van der Waals surface area contributed by atoms with Crippen LogP contribution in [0.3, 0.4) is 0 Å². The highest BCUT2D eigenvalue weighted by Gasteiger charge is 2.18. The number of aryl methyl sites for hydroxylation is 1. The SMILES string of the molecule is Cc1cccc(CN2CCN(Cc3coc(-c4ccc(F)cc4)n3)CC2)c1. The Labute approximate surface area is 159 Å². The predicted molar refractivity (Wildman–Crippen MR) is 104 cm³/mol. The van der Waals surface area contributed by atoms with Gasteiger partial charge in [0.05, 0.1) is 5.69 Å². The average Bonchev–Trinajstić information content (AvgIpc) is 3.12. The van der Waals surface area contributed by atoms with E-state index in [9.17, 15) is 4.39 Å². The molecule has 0 atom stereocenters. The molecule has 0 unspecified atom stereocenters. The maximum Gasteiger partial charge on any atom is 0.226 e. The summed E-state index contributed by atoms with van der Waals surface area (Å²) in [4.78, 5) is 9.46. The summed E-state index contributed by atoms with van der Waals surface area (Å²) >= 11 is 0. The molecule has 1 aliphatic rings. The predicted octanol–water partition coefficient (Wildman–Crippen LogP) is 4.11. The molecule has 1 fully saturated rings. The third-order valence-corrected chi connectivity index (χ3v) is 4.98. The highest BCUT2D eigenvalue weighted by Crippen LogP contribution is 2.20. The maximum atomic E-state index is 13.0. The Balaban J connectivity index is 1.30. The van der Waals surface area contributed by atoms with Crippen molar-refractivity contribution in [2.45, 2.75) is 20.0 Å². The van der Waals surface area contributed by atoms with Crippen LogP contribution in [-0.4, -0.2) is 41.0 Å². The van der Waals surface area contributed by atoms with E-state index in [1.54, 1.807) is 18.4 Å². The lowest BCUT2D eigenvalue weighted by Crippen LogP contribution is -2.45. The second-order valence-electron chi connectivity index (χ2n) is 7.19. The lowest BCUT2D eigenvalue weighted by atomic mass is 10.1. The summed E-state index contributed by atoms with van der Waals surface area (Å²) in [5, 5.41) is 0. The number of hydrogen-bond acceptors (Lipinski definition) is 4. The fourth-order valence-corrected chi connectivity index (χ4v) is 3.51. The zero-order valence-corrected chi connectivity index (χ0v) is 15.6. The van der Waals surface area contributed by atoms with Gasteiger partial charge >= 0.3 is 0 Å². The lowest BCUT2D eigenvalue weighted by Gasteiger charge is -2.34. The maximum absolute atomic E-state index is 13.0. The van der Waals surface area contributed by atoms with Gasteiger partial charge in [-0.1, -0.05) is 29.8 Å². The molecule has 4 nitrogen and oxygen atoms in total. The van der Waals surface area contributed by atoms with Gasteiger partial charge in [0.15, 0.2) is 0 Å². The largest absolute Gasteiger partial charge is 0.444 e. The zero-order valence-electron chi connectivity index (χ0n) is 15.6. The van der Waals surface area contributed by atoms with Gasteiger partial charge in [-0.2, -0.15) is 0 Å². The van der Waals surface area contributed by atoms with Crippen LogP contribution < -0.4 is 0 Å². The van der Waals surface area contributed by atoms with Crippen molar-refractivity contribution in [3.63, 3.8) is 0 Å². The van der Waals surface area contributed by atoms with Gasteiger partial charge in [0, 0.05) is 44.8 Å². The van der Waals surface area contributed by atoms with E-state index in [0.717, 1.165) is 50.5 Å². The van der Waals surface area contributed by atoms with E-state index < -0.39 is 0 Å². The Morgan fingerprint density at radius 3 is 2.37 bits per heavy atom. The lowest BCUT2D eigenvalue weighted by molar-refractivity contribution is 0.121. The van der Waals surface area contributed by atoms with Gasteiger partial charge in [-0.15, -0.1) is 0 Å². The Kier molecular flexibility index (Phi) is 5.32. The van der Waals surface area contributed by atoms with Crippen molar-refractivity contribution in [2.75, 3.05) is 26.2 Å². The van der Waals surface area contributed by atoms with Crippen LogP contribution in [0.1, 0.15) is 16.8 Å². The molecule has 0 N–H and O–H groups in total. The van der Waals surface area contributed by atoms with Crippen LogP contribution in [0.25, 0.3) is 11.5 Å². The van der Waals surface area contributed by atoms with Gasteiger partial charge in [-0.25, -0.2) is 9.37 Å². The van der Waals surface area contributed by atoms with Gasteiger partial charge in [0.25, 0.3) is 0 Å². The first-order chi connectivity index (χ1) is 13.2. The Morgan fingerprint density at radius 2 is 1.67 bits per heavy atom. The summed E-state index contributed by atoms with van der Waals surface area (Å²) in [5.41, 5.74) is 4.41. The fraction of sp³-hybridized carbons (Fsp3) is 0.318. The van der Waals surface area contributed by atoms with Crippen LogP contribution >= 0.6 is 0 Å². The molecule has 0 amide bonds. The van der Waals surface area contributed by atoms with Crippen molar-refractivity contribution in [2.24, 2.45) is 0 Å². The molecule has 0 bridgehead atoms. The molecule has 2 heterocycles. The number of rotatable bonds is 5. The van der Waals surface area contributed by atoms with E-state index in [1.165, 1.54) is 23.3 Å². The quantitative estimate of drug-likeness (QED) is 0.681. The second-order valence-corrected chi connectivity index (χ2v) is 7.19. The number of oxazole rings is 1. The van der Waals surface area contributed by atoms with Crippen LogP contribution in [0.2, 0.25) is 0 Å². The molecule has 1 saturated heterocycles. The molecule has 27 heavy (non-hydrogen) atoms. The fourth-order valence-electron chi connectivity index (χ4n) is 3.51. The summed E-state index contributed by atoms with van der Waals surface area (Å²) in [6.07, 6.45) is 1.71. The first kappa shape index (κ1) is 17.9. The highest BCUT2D eigenvalue weighted by molar-refractivity contribution is 5.52. The average molecular weight is 365 g/mol. The van der Waals surface area contributed by atoms with E-state index in [1.807, 2.05) is 0 Å². The third-order valence-electron chi connectivity index (χ3n) is 4.98. The number of piperazine rings is 1. The van der Waals surface area contributed by atoms with Crippen molar-refractivity contribution in [3.8, 4) is 11.5 Å². The summed E-state index contributed by atoms with van der Waals surface area (Å²) in [6, 6.07) is 15.0. The van der Waals surface area contributed by atoms with Crippen LogP contribution in [0.4, 0.5) is 4.39 Å². The molecule has 2 aromatic carbocycles. The minimum absolute atomic E-state index is 0.255. The number of benzene rings is 2. The van der Waals surface area contributed by atoms with Gasteiger partial charge in [0.1, 0.15) is 12.1 Å². The summed E-state index contributed by atoms with van der Waals surface area (Å²) < 4.78 is 18.6. The van der Waals surface area contributed by atoms with E-state index in [2.05, 4.69) is 46.0 Å². The van der Waals surface area contributed by atoms with E-state index >= 15 is 0 Å². The standard InChI is InChI=1S/C22H24FN3O/c1-17-3-2-4-18(13-17)14-25-9-11-26(12-10-25)15-21-16-27-22(24-21)19-5-7-20(23)8-6-19/h2-8,13,16H,9-12,14-15H2,1H3. The Bertz CT molecular complexity index is 883. The van der Waals surface area contributed by atoms with Crippen molar-refractivity contribution in [1.29, 1.82) is 0 Å². The van der Waals surface area contributed by atoms with Crippen LogP contribution in [0.5, 0.6) is 0 Å². The summed E-state index contributed by atoms with van der Waals surface area (Å²) in [6.45, 7) is 8.07. The first-order valence-corrected chi connectivity index (χ1v) is 9.36. The number of aromatic nitrogens is 1. The molecule has 140 valence electrons. The molecule has 0 saturated carbocycles. The summed E-state index contributed by atoms with van der Waals surface area (Å²) in [5.74, 6) is 0.289. The third kappa shape index (κ3) is 4.62. The second kappa shape index (κ2) is 8.03. The molecule has 0 radical (unpaired) electrons. The number of hydrogen-bond donors (Lipinski definition) is 0. The van der Waals surface area contributed by atoms with Crippen LogP contribution in [-0.2, 0) is 13.1 Å². The molecule has 1 aromatic heterocycles. The topological polar surface area (TPSA) is 32.5 Å². The van der Waals surface area contributed by atoms with Gasteiger partial charge in [0.2, 0.25) is 5.89 Å². The van der Waals surface area contributed by atoms with Gasteiger partial charge < -0.3 is 4.42 Å². The minimum Gasteiger partial charge on any atom is -0.444 e. The molecular weight excluding hydrogens is 341 g/mol. The van der Waals surface area contributed by atoms with E-state index in [4.69, 9.17) is 4.42 Å². The molecular formula is C22H24FN3O. The van der Waals surface area contributed by atoms with Crippen molar-refractivity contribution >= 4 is 0 Å². The van der Waals surface area contributed by atoms with Crippen LogP contribution in [0, 0.1) is 12.7 Å².